The number of carbonyl (C=O) groups excluding carboxylic acids is 4. The minimum atomic E-state index is -3.69. The van der Waals surface area contributed by atoms with Gasteiger partial charge in [0, 0.05) is 29.4 Å². The number of hydrogen-bond acceptors (Lipinski definition) is 13. The summed E-state index contributed by atoms with van der Waals surface area (Å²) in [7, 11) is -14.4. The van der Waals surface area contributed by atoms with Crippen molar-refractivity contribution < 1.29 is 57.6 Å². The van der Waals surface area contributed by atoms with Crippen LogP contribution in [0.1, 0.15) is 180 Å². The second kappa shape index (κ2) is 30.0. The van der Waals surface area contributed by atoms with Crippen LogP contribution in [-0.4, -0.2) is 94.5 Å². The first-order valence-corrected chi connectivity index (χ1v) is 39.3. The molecule has 0 spiro atoms. The van der Waals surface area contributed by atoms with Crippen LogP contribution in [0.4, 0.5) is 41.9 Å². The highest BCUT2D eigenvalue weighted by molar-refractivity contribution is 7.90. The number of rotatable bonds is 18. The van der Waals surface area contributed by atoms with Crippen molar-refractivity contribution in [1.82, 2.24) is 18.9 Å². The van der Waals surface area contributed by atoms with Gasteiger partial charge in [-0.05, 0) is 270 Å². The third-order valence-corrected chi connectivity index (χ3v) is 22.5. The number of hydrogen-bond donors (Lipinski definition) is 8. The summed E-state index contributed by atoms with van der Waals surface area (Å²) >= 11 is 0. The van der Waals surface area contributed by atoms with Crippen LogP contribution < -0.4 is 40.2 Å². The van der Waals surface area contributed by atoms with Gasteiger partial charge in [-0.2, -0.15) is 0 Å². The molecule has 91 heavy (non-hydrogen) atoms. The second-order valence-corrected chi connectivity index (χ2v) is 32.4. The summed E-state index contributed by atoms with van der Waals surface area (Å²) in [5, 5.41) is 11.3. The van der Waals surface area contributed by atoms with E-state index >= 15 is 0 Å². The predicted molar refractivity (Wildman–Crippen MR) is 358 cm³/mol. The van der Waals surface area contributed by atoms with Crippen molar-refractivity contribution in [3.8, 4) is 0 Å². The average molecular weight is 1330 g/mol. The Bertz CT molecular complexity index is 3830. The number of anilines is 4. The van der Waals surface area contributed by atoms with Gasteiger partial charge in [0.15, 0.2) is 0 Å². The smallest absolute Gasteiger partial charge is 0.332 e. The van der Waals surface area contributed by atoms with E-state index in [1.165, 1.54) is 89.0 Å². The topological polar surface area (TPSA) is 310 Å². The molecule has 4 aromatic carbocycles. The van der Waals surface area contributed by atoms with Crippen LogP contribution in [0.2, 0.25) is 0 Å². The number of aryl methyl sites for hydroxylation is 8. The molecule has 0 heterocycles. The van der Waals surface area contributed by atoms with Gasteiger partial charge in [-0.1, -0.05) is 43.2 Å². The number of urea groups is 4. The molecule has 0 atom stereocenters. The fourth-order valence-electron chi connectivity index (χ4n) is 14.1. The molecule has 21 nitrogen and oxygen atoms in total. The third kappa shape index (κ3) is 18.2. The Labute approximate surface area is 537 Å². The molecule has 0 aliphatic heterocycles. The molecule has 0 fully saturated rings. The number of carbonyl (C=O) groups is 4. The number of nitrogens with one attached hydrogen (secondary N) is 8. The Kier molecular flexibility index (Phi) is 22.7. The first-order chi connectivity index (χ1) is 43.3. The Morgan fingerprint density at radius 3 is 0.890 bits per heavy atom. The summed E-state index contributed by atoms with van der Waals surface area (Å²) in [6.45, 7) is 9.71. The molecule has 0 bridgehead atoms. The van der Waals surface area contributed by atoms with Crippen molar-refractivity contribution in [2.24, 2.45) is 0 Å². The van der Waals surface area contributed by atoms with Gasteiger partial charge in [0.2, 0.25) is 40.1 Å². The summed E-state index contributed by atoms with van der Waals surface area (Å²) in [5.74, 6) is -0.359. The second-order valence-electron chi connectivity index (χ2n) is 25.1. The van der Waals surface area contributed by atoms with E-state index in [2.05, 4.69) is 66.3 Å². The van der Waals surface area contributed by atoms with Gasteiger partial charge in [0.1, 0.15) is 0 Å². The van der Waals surface area contributed by atoms with Gasteiger partial charge in [-0.15, -0.1) is 6.58 Å². The molecule has 8 aliphatic rings. The van der Waals surface area contributed by atoms with Crippen LogP contribution in [0.15, 0.2) is 36.4 Å². The van der Waals surface area contributed by atoms with E-state index in [4.69, 9.17) is 4.74 Å². The van der Waals surface area contributed by atoms with Crippen LogP contribution in [0.25, 0.3) is 0 Å². The third-order valence-electron chi connectivity index (χ3n) is 18.1. The predicted octanol–water partition coefficient (Wildman–Crippen LogP) is 9.89. The molecule has 0 saturated carbocycles. The quantitative estimate of drug-likeness (QED) is 0.0340. The maximum absolute atomic E-state index is 12.2. The Morgan fingerprint density at radius 1 is 0.396 bits per heavy atom. The van der Waals surface area contributed by atoms with Gasteiger partial charge in [0.25, 0.3) is 0 Å². The van der Waals surface area contributed by atoms with E-state index in [0.29, 0.717) is 19.4 Å². The number of sulfonamides is 4. The number of benzene rings is 4. The lowest BCUT2D eigenvalue weighted by atomic mass is 9.99. The highest BCUT2D eigenvalue weighted by Gasteiger charge is 2.31. The Balaban J connectivity index is 0.000000144. The summed E-state index contributed by atoms with van der Waals surface area (Å²) in [6.07, 6.45) is 27.3. The number of amides is 8. The lowest BCUT2D eigenvalue weighted by Gasteiger charge is -2.16. The standard InChI is InChI=1S/C18H24N2O3S.C17H24N2O4S.C17H24N2O3S.C14H18N2O3S/c1-12(2)9-10-24(22,23)20-18(21)19-17-15-7-3-5-13(15)11-14-6-4-8-16(14)17;1-2-23-9-10-24(21,22)19-17(20)18-16-14-7-3-5-12(14)11-13-6-4-8-15(13)16;1-2-3-10-23(21,22)19-17(20)18-16-14-8-4-6-12(14)11-13-7-5-9-15(13)16;1-20(18,19)16-14(17)15-13-11-6-2-4-9(11)8-10-5-3-7-12(10)13/h11H,1,3-10H2,2H3,(H2,19,20,21);11H,2-10H2,1H3,(H2,18,19,20);11H,2-10H2,1H3,(H2,18,19,20);8H,2-7H2,1H3,(H2,15,16,17). The zero-order chi connectivity index (χ0) is 65.3. The number of allylic oxidation sites excluding steroid dienone is 1. The van der Waals surface area contributed by atoms with Crippen molar-refractivity contribution in [2.45, 2.75) is 194 Å². The van der Waals surface area contributed by atoms with Gasteiger partial charge in [-0.25, -0.2) is 71.7 Å². The maximum Gasteiger partial charge on any atom is 0.332 e. The molecule has 12 rings (SSSR count). The van der Waals surface area contributed by atoms with Gasteiger partial charge in [0.05, 0.1) is 30.1 Å². The zero-order valence-electron chi connectivity index (χ0n) is 53.1. The molecular formula is C66H90N8O13S4. The normalized spacial score (nSPS) is 16.0. The van der Waals surface area contributed by atoms with E-state index < -0.39 is 64.2 Å². The fourth-order valence-corrected chi connectivity index (χ4v) is 17.4. The van der Waals surface area contributed by atoms with E-state index in [1.54, 1.807) is 13.8 Å². The Morgan fingerprint density at radius 2 is 0.648 bits per heavy atom. The van der Waals surface area contributed by atoms with Crippen LogP contribution in [0, 0.1) is 0 Å². The monoisotopic (exact) mass is 1330 g/mol. The summed E-state index contributed by atoms with van der Waals surface area (Å²) in [5.41, 5.74) is 24.1. The lowest BCUT2D eigenvalue weighted by Crippen LogP contribution is -2.37. The molecule has 0 saturated heterocycles. The number of ether oxygens (including phenoxy) is 1. The molecule has 8 N–H and O–H groups in total. The molecule has 496 valence electrons. The minimum Gasteiger partial charge on any atom is -0.381 e. The number of fused-ring (bicyclic) bond motifs is 8. The molecule has 4 aromatic rings. The van der Waals surface area contributed by atoms with E-state index in [9.17, 15) is 52.8 Å². The molecule has 0 unspecified atom stereocenters. The Hall–Kier alpha value is -6.54. The molecule has 8 aliphatic carbocycles. The van der Waals surface area contributed by atoms with Crippen molar-refractivity contribution in [1.29, 1.82) is 0 Å². The molecule has 0 aromatic heterocycles. The molecule has 8 amide bonds. The number of unbranched alkanes of at least 4 members (excludes halogenated alkanes) is 1. The highest BCUT2D eigenvalue weighted by Crippen LogP contribution is 2.42. The van der Waals surface area contributed by atoms with Crippen LogP contribution in [-0.2, 0) is 148 Å². The summed E-state index contributed by atoms with van der Waals surface area (Å²) < 4.78 is 107. The highest BCUT2D eigenvalue weighted by atomic mass is 32.2. The lowest BCUT2D eigenvalue weighted by molar-refractivity contribution is 0.163. The molecule has 0 radical (unpaired) electrons. The summed E-state index contributed by atoms with van der Waals surface area (Å²) in [6, 6.07) is 6.46. The van der Waals surface area contributed by atoms with Gasteiger partial charge < -0.3 is 26.0 Å². The maximum atomic E-state index is 12.2. The minimum absolute atomic E-state index is 0.0120. The fraction of sp³-hybridized carbons (Fsp3) is 0.545. The van der Waals surface area contributed by atoms with Crippen LogP contribution in [0.3, 0.4) is 0 Å². The first kappa shape index (κ1) is 68.8. The van der Waals surface area contributed by atoms with Crippen LogP contribution in [0.5, 0.6) is 0 Å². The van der Waals surface area contributed by atoms with Crippen molar-refractivity contribution in [2.75, 3.05) is 58.0 Å². The van der Waals surface area contributed by atoms with E-state index in [1.807, 2.05) is 11.6 Å². The van der Waals surface area contributed by atoms with E-state index in [0.717, 1.165) is 195 Å². The average Bonchev–Trinajstić information content (AvgIpc) is 1.75. The van der Waals surface area contributed by atoms with Crippen molar-refractivity contribution in [3.05, 3.63) is 125 Å². The van der Waals surface area contributed by atoms with Crippen LogP contribution >= 0.6 is 0 Å². The van der Waals surface area contributed by atoms with E-state index in [-0.39, 0.29) is 23.9 Å². The van der Waals surface area contributed by atoms with Gasteiger partial charge in [-0.3, -0.25) is 0 Å². The zero-order valence-corrected chi connectivity index (χ0v) is 56.4. The SMILES string of the molecule is C=C(C)CCS(=O)(=O)NC(=O)Nc1c2c(cc3c1CCC3)CCC2.CCCCS(=O)(=O)NC(=O)Nc1c2c(cc3c1CCC3)CCC2.CCOCCS(=O)(=O)NC(=O)Nc1c2c(cc3c1CCC3)CCC2.CS(=O)(=O)NC(=O)Nc1c2c(cc3c1CCC3)CCC2. The van der Waals surface area contributed by atoms with Crippen molar-refractivity contribution in [3.63, 3.8) is 0 Å². The molecular weight excluding hydrogens is 1240 g/mol. The largest absolute Gasteiger partial charge is 0.381 e. The molecule has 25 heteroatoms. The first-order valence-electron chi connectivity index (χ1n) is 32.4. The van der Waals surface area contributed by atoms with Gasteiger partial charge >= 0.3 is 24.1 Å². The summed E-state index contributed by atoms with van der Waals surface area (Å²) in [4.78, 5) is 48.5. The van der Waals surface area contributed by atoms with Crippen molar-refractivity contribution >= 4 is 87.0 Å².